The number of nitrogens with one attached hydrogen (secondary N) is 3. The van der Waals surface area contributed by atoms with Gasteiger partial charge in [0, 0.05) is 31.4 Å². The fourth-order valence-corrected chi connectivity index (χ4v) is 3.21. The van der Waals surface area contributed by atoms with E-state index in [0.29, 0.717) is 6.54 Å². The molecule has 0 aliphatic carbocycles. The van der Waals surface area contributed by atoms with Crippen LogP contribution in [0.5, 0.6) is 0 Å². The zero-order valence-electron chi connectivity index (χ0n) is 15.0. The lowest BCUT2D eigenvalue weighted by Crippen LogP contribution is -2.47. The summed E-state index contributed by atoms with van der Waals surface area (Å²) in [5.41, 5.74) is -0.319. The Bertz CT molecular complexity index is 881. The molecule has 140 valence electrons. The minimum Gasteiger partial charge on any atom is -0.350 e. The van der Waals surface area contributed by atoms with Crippen LogP contribution in [-0.2, 0) is 0 Å². The van der Waals surface area contributed by atoms with Gasteiger partial charge in [0.05, 0.1) is 6.04 Å². The van der Waals surface area contributed by atoms with Crippen molar-refractivity contribution in [2.24, 2.45) is 0 Å². The quantitative estimate of drug-likeness (QED) is 0.723. The molecule has 26 heavy (non-hydrogen) atoms. The first-order chi connectivity index (χ1) is 12.5. The third-order valence-corrected chi connectivity index (χ3v) is 4.56. The number of nitrogens with zero attached hydrogens (tertiary/aromatic N) is 3. The molecule has 2 aromatic heterocycles. The van der Waals surface area contributed by atoms with Gasteiger partial charge < -0.3 is 20.2 Å². The van der Waals surface area contributed by atoms with Gasteiger partial charge in [0.25, 0.3) is 11.5 Å². The van der Waals surface area contributed by atoms with Crippen LogP contribution in [0.25, 0.3) is 0 Å². The van der Waals surface area contributed by atoms with Gasteiger partial charge in [0.2, 0.25) is 0 Å². The second-order valence-electron chi connectivity index (χ2n) is 6.78. The van der Waals surface area contributed by atoms with E-state index in [1.54, 1.807) is 6.07 Å². The van der Waals surface area contributed by atoms with Crippen molar-refractivity contribution < 1.29 is 4.79 Å². The number of aromatic amines is 2. The van der Waals surface area contributed by atoms with Gasteiger partial charge in [-0.15, -0.1) is 0 Å². The molecule has 1 aliphatic heterocycles. The van der Waals surface area contributed by atoms with Crippen molar-refractivity contribution in [2.75, 3.05) is 18.0 Å². The lowest BCUT2D eigenvalue weighted by atomic mass is 10.0. The van der Waals surface area contributed by atoms with Crippen molar-refractivity contribution >= 4 is 11.7 Å². The van der Waals surface area contributed by atoms with Gasteiger partial charge in [-0.25, -0.2) is 9.48 Å². The number of carbonyl (C=O) groups excluding carboxylic acids is 1. The summed E-state index contributed by atoms with van der Waals surface area (Å²) in [6, 6.07) is 3.35. The van der Waals surface area contributed by atoms with Crippen molar-refractivity contribution in [3.05, 3.63) is 44.9 Å². The van der Waals surface area contributed by atoms with E-state index >= 15 is 0 Å². The molecule has 1 atom stereocenters. The third kappa shape index (κ3) is 3.87. The summed E-state index contributed by atoms with van der Waals surface area (Å²) in [5.74, 6) is 0.418. The first-order valence-electron chi connectivity index (χ1n) is 8.88. The van der Waals surface area contributed by atoms with Crippen LogP contribution in [-0.4, -0.2) is 44.8 Å². The number of H-pyrrole nitrogens is 2. The molecule has 1 unspecified atom stereocenters. The summed E-state index contributed by atoms with van der Waals surface area (Å²) in [6.07, 6.45) is 4.39. The van der Waals surface area contributed by atoms with Crippen LogP contribution in [0.2, 0.25) is 0 Å². The number of anilines is 1. The van der Waals surface area contributed by atoms with Crippen LogP contribution in [0.4, 0.5) is 5.82 Å². The standard InChI is InChI=1S/C17H24N6O3/c1-11(2)23-15(24)7-6-14(21-23)22-8-4-3-5-12(22)9-18-16(25)13-10-19-17(26)20-13/h6-7,10-12H,3-5,8-9H2,1-2H3,(H,18,25)(H2,19,20,26). The number of aromatic nitrogens is 4. The Labute approximate surface area is 150 Å². The molecule has 9 nitrogen and oxygen atoms in total. The number of imidazole rings is 1. The van der Waals surface area contributed by atoms with E-state index in [2.05, 4.69) is 25.3 Å². The van der Waals surface area contributed by atoms with Crippen molar-refractivity contribution in [3.63, 3.8) is 0 Å². The van der Waals surface area contributed by atoms with Gasteiger partial charge in [0.1, 0.15) is 11.5 Å². The summed E-state index contributed by atoms with van der Waals surface area (Å²) in [6.45, 7) is 5.10. The van der Waals surface area contributed by atoms with E-state index in [1.807, 2.05) is 13.8 Å². The molecule has 1 fully saturated rings. The Kier molecular flexibility index (Phi) is 5.24. The predicted molar refractivity (Wildman–Crippen MR) is 97.6 cm³/mol. The Morgan fingerprint density at radius 3 is 2.85 bits per heavy atom. The maximum absolute atomic E-state index is 12.2. The fourth-order valence-electron chi connectivity index (χ4n) is 3.21. The average molecular weight is 360 g/mol. The highest BCUT2D eigenvalue weighted by Gasteiger charge is 2.25. The zero-order chi connectivity index (χ0) is 18.7. The van der Waals surface area contributed by atoms with Crippen molar-refractivity contribution in [2.45, 2.75) is 45.2 Å². The number of rotatable bonds is 5. The van der Waals surface area contributed by atoms with Crippen LogP contribution >= 0.6 is 0 Å². The highest BCUT2D eigenvalue weighted by molar-refractivity contribution is 5.91. The summed E-state index contributed by atoms with van der Waals surface area (Å²) in [4.78, 5) is 42.2. The molecule has 0 radical (unpaired) electrons. The van der Waals surface area contributed by atoms with Crippen molar-refractivity contribution in [3.8, 4) is 0 Å². The number of piperidine rings is 1. The summed E-state index contributed by atoms with van der Waals surface area (Å²) < 4.78 is 1.48. The molecule has 2 aromatic rings. The van der Waals surface area contributed by atoms with E-state index in [4.69, 9.17) is 0 Å². The molecule has 9 heteroatoms. The number of hydrogen-bond donors (Lipinski definition) is 3. The van der Waals surface area contributed by atoms with E-state index in [9.17, 15) is 14.4 Å². The minimum absolute atomic E-state index is 0.0178. The minimum atomic E-state index is -0.408. The van der Waals surface area contributed by atoms with E-state index in [1.165, 1.54) is 16.9 Å². The molecular formula is C17H24N6O3. The number of carbonyl (C=O) groups is 1. The summed E-state index contributed by atoms with van der Waals surface area (Å²) >= 11 is 0. The zero-order valence-corrected chi connectivity index (χ0v) is 15.0. The van der Waals surface area contributed by atoms with Gasteiger partial charge in [-0.3, -0.25) is 9.59 Å². The molecule has 1 saturated heterocycles. The summed E-state index contributed by atoms with van der Waals surface area (Å²) in [5, 5.41) is 7.36. The van der Waals surface area contributed by atoms with Crippen LogP contribution in [0.1, 0.15) is 49.6 Å². The maximum Gasteiger partial charge on any atom is 0.323 e. The SMILES string of the molecule is CC(C)n1nc(N2CCCCC2CNC(=O)c2c[nH]c(=O)[nH]2)ccc1=O. The molecular weight excluding hydrogens is 336 g/mol. The monoisotopic (exact) mass is 360 g/mol. The van der Waals surface area contributed by atoms with Gasteiger partial charge >= 0.3 is 5.69 Å². The van der Waals surface area contributed by atoms with Gasteiger partial charge in [-0.1, -0.05) is 0 Å². The molecule has 0 spiro atoms. The molecule has 3 rings (SSSR count). The third-order valence-electron chi connectivity index (χ3n) is 4.56. The molecule has 3 heterocycles. The molecule has 3 N–H and O–H groups in total. The second-order valence-corrected chi connectivity index (χ2v) is 6.78. The Morgan fingerprint density at radius 2 is 2.15 bits per heavy atom. The van der Waals surface area contributed by atoms with E-state index < -0.39 is 5.69 Å². The van der Waals surface area contributed by atoms with E-state index in [0.717, 1.165) is 31.6 Å². The van der Waals surface area contributed by atoms with Crippen molar-refractivity contribution in [1.82, 2.24) is 25.1 Å². The largest absolute Gasteiger partial charge is 0.350 e. The summed E-state index contributed by atoms with van der Waals surface area (Å²) in [7, 11) is 0. The van der Waals surface area contributed by atoms with Gasteiger partial charge in [-0.2, -0.15) is 5.10 Å². The lowest BCUT2D eigenvalue weighted by Gasteiger charge is -2.36. The molecule has 1 amide bonds. The highest BCUT2D eigenvalue weighted by Crippen LogP contribution is 2.22. The van der Waals surface area contributed by atoms with Gasteiger partial charge in [0.15, 0.2) is 0 Å². The van der Waals surface area contributed by atoms with Gasteiger partial charge in [-0.05, 0) is 39.2 Å². The molecule has 0 aromatic carbocycles. The first kappa shape index (κ1) is 18.0. The Hall–Kier alpha value is -2.84. The lowest BCUT2D eigenvalue weighted by molar-refractivity contribution is 0.0945. The highest BCUT2D eigenvalue weighted by atomic mass is 16.2. The maximum atomic E-state index is 12.2. The smallest absolute Gasteiger partial charge is 0.323 e. The van der Waals surface area contributed by atoms with Crippen LogP contribution in [0.15, 0.2) is 27.9 Å². The van der Waals surface area contributed by atoms with Crippen LogP contribution in [0, 0.1) is 0 Å². The van der Waals surface area contributed by atoms with Crippen LogP contribution in [0.3, 0.4) is 0 Å². The first-order valence-corrected chi connectivity index (χ1v) is 8.88. The average Bonchev–Trinajstić information content (AvgIpc) is 3.07. The molecule has 1 aliphatic rings. The number of hydrogen-bond acceptors (Lipinski definition) is 5. The fraction of sp³-hybridized carbons (Fsp3) is 0.529. The molecule has 0 saturated carbocycles. The van der Waals surface area contributed by atoms with Crippen LogP contribution < -0.4 is 21.5 Å². The molecule has 0 bridgehead atoms. The van der Waals surface area contributed by atoms with E-state index in [-0.39, 0.29) is 29.2 Å². The second kappa shape index (κ2) is 7.59. The number of amides is 1. The topological polar surface area (TPSA) is 116 Å². The van der Waals surface area contributed by atoms with Crippen molar-refractivity contribution in [1.29, 1.82) is 0 Å². The normalized spacial score (nSPS) is 17.5. The predicted octanol–water partition coefficient (Wildman–Crippen LogP) is 0.630. The Balaban J connectivity index is 1.74. The Morgan fingerprint density at radius 1 is 1.35 bits per heavy atom.